The van der Waals surface area contributed by atoms with Gasteiger partial charge in [-0.25, -0.2) is 8.42 Å². The number of ether oxygens (including phenoxy) is 1. The molecule has 0 saturated carbocycles. The third-order valence-electron chi connectivity index (χ3n) is 3.38. The van der Waals surface area contributed by atoms with Gasteiger partial charge in [0, 0.05) is 38.9 Å². The molecule has 2 rings (SSSR count). The molecule has 22 heavy (non-hydrogen) atoms. The lowest BCUT2D eigenvalue weighted by molar-refractivity contribution is -0.137. The second-order valence-corrected chi connectivity index (χ2v) is 7.05. The van der Waals surface area contributed by atoms with Crippen LogP contribution in [0.5, 0.6) is 0 Å². The van der Waals surface area contributed by atoms with Crippen LogP contribution in [0.3, 0.4) is 0 Å². The highest BCUT2D eigenvalue weighted by Crippen LogP contribution is 2.12. The molecule has 0 bridgehead atoms. The molecule has 9 heteroatoms. The van der Waals surface area contributed by atoms with Gasteiger partial charge in [-0.15, -0.1) is 0 Å². The van der Waals surface area contributed by atoms with Gasteiger partial charge in [0.2, 0.25) is 15.9 Å². The van der Waals surface area contributed by atoms with E-state index >= 15 is 0 Å². The number of nitrogens with zero attached hydrogens (tertiary/aromatic N) is 3. The highest BCUT2D eigenvalue weighted by atomic mass is 32.2. The fourth-order valence-corrected chi connectivity index (χ4v) is 3.63. The Hall–Kier alpha value is -1.45. The Kier molecular flexibility index (Phi) is 5.92. The van der Waals surface area contributed by atoms with Crippen LogP contribution in [0.4, 0.5) is 0 Å². The third kappa shape index (κ3) is 4.52. The van der Waals surface area contributed by atoms with Gasteiger partial charge < -0.3 is 14.2 Å². The summed E-state index contributed by atoms with van der Waals surface area (Å²) in [5, 5.41) is 3.62. The molecule has 0 atom stereocenters. The van der Waals surface area contributed by atoms with Crippen LogP contribution in [0, 0.1) is 0 Å². The van der Waals surface area contributed by atoms with E-state index in [-0.39, 0.29) is 18.3 Å². The van der Waals surface area contributed by atoms with Gasteiger partial charge in [0.25, 0.3) is 0 Å². The zero-order chi connectivity index (χ0) is 16.0. The molecular weight excluding hydrogens is 310 g/mol. The van der Waals surface area contributed by atoms with Crippen LogP contribution in [0.1, 0.15) is 19.0 Å². The molecule has 0 N–H and O–H groups in total. The van der Waals surface area contributed by atoms with Gasteiger partial charge in [-0.05, 0) is 6.42 Å². The Balaban J connectivity index is 1.82. The first-order chi connectivity index (χ1) is 10.5. The molecule has 1 aromatic rings. The van der Waals surface area contributed by atoms with Crippen molar-refractivity contribution < 1.29 is 22.5 Å². The number of aromatic nitrogens is 1. The molecule has 0 aliphatic carbocycles. The number of amides is 1. The molecule has 1 amide bonds. The summed E-state index contributed by atoms with van der Waals surface area (Å²) in [4.78, 5) is 13.5. The van der Waals surface area contributed by atoms with E-state index in [1.807, 2.05) is 6.92 Å². The lowest BCUT2D eigenvalue weighted by Crippen LogP contribution is -2.51. The first-order valence-corrected chi connectivity index (χ1v) is 8.86. The third-order valence-corrected chi connectivity index (χ3v) is 5.19. The van der Waals surface area contributed by atoms with Gasteiger partial charge in [0.05, 0.1) is 5.69 Å². The maximum Gasteiger partial charge on any atom is 0.248 e. The Labute approximate surface area is 130 Å². The molecule has 1 aromatic heterocycles. The number of hydrogen-bond donors (Lipinski definition) is 0. The normalized spacial score (nSPS) is 16.9. The molecule has 8 nitrogen and oxygen atoms in total. The minimum atomic E-state index is -3.43. The fourth-order valence-electron chi connectivity index (χ4n) is 2.20. The van der Waals surface area contributed by atoms with Crippen molar-refractivity contribution in [3.05, 3.63) is 18.0 Å². The topological polar surface area (TPSA) is 93.0 Å². The lowest BCUT2D eigenvalue weighted by Gasteiger charge is -2.33. The van der Waals surface area contributed by atoms with E-state index in [0.717, 1.165) is 6.42 Å². The molecule has 0 unspecified atom stereocenters. The van der Waals surface area contributed by atoms with Crippen LogP contribution in [-0.4, -0.2) is 68.1 Å². The fraction of sp³-hybridized carbons (Fsp3) is 0.692. The average molecular weight is 331 g/mol. The predicted octanol–water partition coefficient (Wildman–Crippen LogP) is 0.0752. The van der Waals surface area contributed by atoms with E-state index in [4.69, 9.17) is 4.74 Å². The first-order valence-electron chi connectivity index (χ1n) is 7.25. The van der Waals surface area contributed by atoms with Gasteiger partial charge in [-0.3, -0.25) is 4.79 Å². The summed E-state index contributed by atoms with van der Waals surface area (Å²) in [5.41, 5.74) is 0.381. The van der Waals surface area contributed by atoms with Crippen molar-refractivity contribution in [3.63, 3.8) is 0 Å². The van der Waals surface area contributed by atoms with Gasteiger partial charge in [-0.2, -0.15) is 4.31 Å². The van der Waals surface area contributed by atoms with Crippen molar-refractivity contribution in [1.82, 2.24) is 14.4 Å². The summed E-state index contributed by atoms with van der Waals surface area (Å²) in [5.74, 6) is -0.279. The van der Waals surface area contributed by atoms with Crippen molar-refractivity contribution in [2.24, 2.45) is 0 Å². The second-order valence-electron chi connectivity index (χ2n) is 5.08. The van der Waals surface area contributed by atoms with Crippen molar-refractivity contribution in [2.45, 2.75) is 19.1 Å². The summed E-state index contributed by atoms with van der Waals surface area (Å²) in [6, 6.07) is 1.53. The number of sulfonamides is 1. The zero-order valence-corrected chi connectivity index (χ0v) is 13.4. The smallest absolute Gasteiger partial charge is 0.248 e. The molecule has 124 valence electrons. The van der Waals surface area contributed by atoms with Crippen LogP contribution in [-0.2, 0) is 25.3 Å². The number of piperazine rings is 1. The molecule has 1 aliphatic heterocycles. The maximum absolute atomic E-state index is 12.3. The second kappa shape index (κ2) is 7.70. The van der Waals surface area contributed by atoms with Gasteiger partial charge >= 0.3 is 0 Å². The Bertz CT molecular complexity index is 565. The highest BCUT2D eigenvalue weighted by Gasteiger charge is 2.29. The first kappa shape index (κ1) is 16.9. The summed E-state index contributed by atoms with van der Waals surface area (Å²) in [6.45, 7) is 3.93. The average Bonchev–Trinajstić information content (AvgIpc) is 3.00. The molecule has 0 aromatic carbocycles. The number of hydrogen-bond acceptors (Lipinski definition) is 6. The molecule has 0 radical (unpaired) electrons. The molecule has 1 fully saturated rings. The van der Waals surface area contributed by atoms with Crippen LogP contribution >= 0.6 is 0 Å². The Morgan fingerprint density at radius 2 is 2.09 bits per heavy atom. The largest absolute Gasteiger partial charge is 0.372 e. The standard InChI is InChI=1S/C13H21N3O5S/c1-2-8-20-10-13(17)15-4-6-16(7-5-15)22(18,19)11-12-3-9-21-14-12/h3,9H,2,4-8,10-11H2,1H3. The van der Waals surface area contributed by atoms with E-state index in [1.165, 1.54) is 16.6 Å². The van der Waals surface area contributed by atoms with Crippen molar-refractivity contribution >= 4 is 15.9 Å². The maximum atomic E-state index is 12.3. The minimum absolute atomic E-state index is 0.0551. The highest BCUT2D eigenvalue weighted by molar-refractivity contribution is 7.88. The van der Waals surface area contributed by atoms with E-state index < -0.39 is 10.0 Å². The monoisotopic (exact) mass is 331 g/mol. The van der Waals surface area contributed by atoms with E-state index in [2.05, 4.69) is 9.68 Å². The molecule has 1 saturated heterocycles. The zero-order valence-electron chi connectivity index (χ0n) is 12.6. The predicted molar refractivity (Wildman–Crippen MR) is 78.4 cm³/mol. The van der Waals surface area contributed by atoms with Crippen LogP contribution in [0.15, 0.2) is 16.9 Å². The van der Waals surface area contributed by atoms with Gasteiger partial charge in [0.15, 0.2) is 0 Å². The summed E-state index contributed by atoms with van der Waals surface area (Å²) in [7, 11) is -3.43. The van der Waals surface area contributed by atoms with Gasteiger partial charge in [0.1, 0.15) is 18.6 Å². The van der Waals surface area contributed by atoms with Gasteiger partial charge in [-0.1, -0.05) is 12.1 Å². The van der Waals surface area contributed by atoms with E-state index in [1.54, 1.807) is 4.90 Å². The van der Waals surface area contributed by atoms with E-state index in [9.17, 15) is 13.2 Å². The Morgan fingerprint density at radius 1 is 1.36 bits per heavy atom. The Morgan fingerprint density at radius 3 is 2.68 bits per heavy atom. The number of carbonyl (C=O) groups is 1. The SMILES string of the molecule is CCCOCC(=O)N1CCN(S(=O)(=O)Cc2ccon2)CC1. The van der Waals surface area contributed by atoms with Crippen molar-refractivity contribution in [3.8, 4) is 0 Å². The molecule has 0 spiro atoms. The quantitative estimate of drug-likeness (QED) is 0.657. The van der Waals surface area contributed by atoms with E-state index in [0.29, 0.717) is 38.5 Å². The van der Waals surface area contributed by atoms with Crippen molar-refractivity contribution in [2.75, 3.05) is 39.4 Å². The minimum Gasteiger partial charge on any atom is -0.372 e. The number of carbonyl (C=O) groups excluding carboxylic acids is 1. The molecule has 1 aliphatic rings. The summed E-state index contributed by atoms with van der Waals surface area (Å²) >= 11 is 0. The number of rotatable bonds is 7. The molecular formula is C13H21N3O5S. The molecule has 2 heterocycles. The van der Waals surface area contributed by atoms with Crippen LogP contribution in [0.2, 0.25) is 0 Å². The summed E-state index contributed by atoms with van der Waals surface area (Å²) in [6.07, 6.45) is 2.21. The lowest BCUT2D eigenvalue weighted by atomic mass is 10.3. The van der Waals surface area contributed by atoms with Crippen molar-refractivity contribution in [1.29, 1.82) is 0 Å². The van der Waals surface area contributed by atoms with Crippen LogP contribution < -0.4 is 0 Å². The summed E-state index contributed by atoms with van der Waals surface area (Å²) < 4.78 is 35.8. The van der Waals surface area contributed by atoms with Crippen LogP contribution in [0.25, 0.3) is 0 Å².